The molecular weight excluding hydrogens is 310 g/mol. The number of amides is 1. The van der Waals surface area contributed by atoms with Crippen LogP contribution in [0.2, 0.25) is 0 Å². The number of rotatable bonds is 7. The van der Waals surface area contributed by atoms with Crippen LogP contribution in [0.15, 0.2) is 58.3 Å². The summed E-state index contributed by atoms with van der Waals surface area (Å²) < 4.78 is 5.51. The van der Waals surface area contributed by atoms with Crippen molar-refractivity contribution >= 4 is 28.9 Å². The van der Waals surface area contributed by atoms with Gasteiger partial charge in [0.2, 0.25) is 5.91 Å². The average molecular weight is 327 g/mol. The summed E-state index contributed by atoms with van der Waals surface area (Å²) in [4.78, 5) is 20.2. The van der Waals surface area contributed by atoms with Crippen LogP contribution in [-0.4, -0.2) is 28.2 Å². The van der Waals surface area contributed by atoms with Crippen molar-refractivity contribution in [1.29, 1.82) is 0 Å². The minimum Gasteiger partial charge on any atom is -0.430 e. The fraction of sp³-hybridized carbons (Fsp3) is 0.235. The number of pyridine rings is 1. The Bertz CT molecular complexity index is 741. The van der Waals surface area contributed by atoms with Crippen LogP contribution in [0.1, 0.15) is 12.0 Å². The predicted octanol–water partition coefficient (Wildman–Crippen LogP) is 3.06. The monoisotopic (exact) mass is 327 g/mol. The molecule has 0 radical (unpaired) electrons. The number of hydrogen-bond acceptors (Lipinski definition) is 5. The van der Waals surface area contributed by atoms with Crippen molar-refractivity contribution in [2.45, 2.75) is 18.1 Å². The van der Waals surface area contributed by atoms with E-state index in [9.17, 15) is 4.79 Å². The number of oxazole rings is 1. The molecule has 6 heteroatoms. The summed E-state index contributed by atoms with van der Waals surface area (Å²) in [6.45, 7) is 0.670. The molecule has 0 saturated heterocycles. The highest BCUT2D eigenvalue weighted by Gasteiger charge is 2.09. The van der Waals surface area contributed by atoms with E-state index in [1.807, 2.05) is 24.3 Å². The second-order valence-corrected chi connectivity index (χ2v) is 5.96. The van der Waals surface area contributed by atoms with Crippen LogP contribution in [0.3, 0.4) is 0 Å². The number of aromatic nitrogens is 2. The molecule has 2 aromatic heterocycles. The predicted molar refractivity (Wildman–Crippen MR) is 90.3 cm³/mol. The molecule has 0 aliphatic carbocycles. The van der Waals surface area contributed by atoms with Gasteiger partial charge >= 0.3 is 0 Å². The molecule has 3 aromatic rings. The first-order valence-electron chi connectivity index (χ1n) is 7.46. The normalized spacial score (nSPS) is 10.8. The van der Waals surface area contributed by atoms with E-state index in [1.54, 1.807) is 12.3 Å². The Balaban J connectivity index is 1.38. The molecule has 0 bridgehead atoms. The molecule has 2 heterocycles. The van der Waals surface area contributed by atoms with Crippen molar-refractivity contribution in [2.24, 2.45) is 0 Å². The lowest BCUT2D eigenvalue weighted by molar-refractivity contribution is -0.118. The highest BCUT2D eigenvalue weighted by molar-refractivity contribution is 7.99. The summed E-state index contributed by atoms with van der Waals surface area (Å²) in [6, 6.07) is 13.9. The maximum atomic E-state index is 11.8. The highest BCUT2D eigenvalue weighted by Crippen LogP contribution is 2.21. The summed E-state index contributed by atoms with van der Waals surface area (Å²) in [6.07, 6.45) is 3.55. The molecule has 3 rings (SSSR count). The largest absolute Gasteiger partial charge is 0.430 e. The molecular formula is C17H17N3O2S. The van der Waals surface area contributed by atoms with Crippen molar-refractivity contribution in [3.63, 3.8) is 0 Å². The van der Waals surface area contributed by atoms with Gasteiger partial charge in [0.15, 0.2) is 11.2 Å². The Hall–Kier alpha value is -2.34. The summed E-state index contributed by atoms with van der Waals surface area (Å²) in [5.74, 6) is 0.274. The van der Waals surface area contributed by atoms with Gasteiger partial charge in [0.1, 0.15) is 0 Å². The molecule has 5 nitrogen and oxygen atoms in total. The SMILES string of the molecule is O=C(CSc1nc2ncccc2o1)NCCCc1ccccc1. The van der Waals surface area contributed by atoms with Crippen molar-refractivity contribution in [3.05, 3.63) is 54.2 Å². The lowest BCUT2D eigenvalue weighted by Gasteiger charge is -2.04. The second kappa shape index (κ2) is 7.78. The summed E-state index contributed by atoms with van der Waals surface area (Å²) >= 11 is 1.28. The van der Waals surface area contributed by atoms with Crippen LogP contribution in [0.5, 0.6) is 0 Å². The Morgan fingerprint density at radius 2 is 2.04 bits per heavy atom. The Kier molecular flexibility index (Phi) is 5.26. The van der Waals surface area contributed by atoms with Crippen LogP contribution in [0.4, 0.5) is 0 Å². The van der Waals surface area contributed by atoms with E-state index in [4.69, 9.17) is 4.42 Å². The second-order valence-electron chi connectivity index (χ2n) is 5.03. The molecule has 1 N–H and O–H groups in total. The van der Waals surface area contributed by atoms with Gasteiger partial charge < -0.3 is 9.73 Å². The number of carbonyl (C=O) groups is 1. The van der Waals surface area contributed by atoms with Gasteiger partial charge in [-0.25, -0.2) is 4.98 Å². The number of carbonyl (C=O) groups excluding carboxylic acids is 1. The number of aryl methyl sites for hydroxylation is 1. The zero-order valence-corrected chi connectivity index (χ0v) is 13.4. The minimum absolute atomic E-state index is 0.0155. The van der Waals surface area contributed by atoms with Crippen LogP contribution >= 0.6 is 11.8 Å². The third-order valence-electron chi connectivity index (χ3n) is 3.28. The summed E-state index contributed by atoms with van der Waals surface area (Å²) in [5, 5.41) is 3.38. The fourth-order valence-corrected chi connectivity index (χ4v) is 2.81. The van der Waals surface area contributed by atoms with Gasteiger partial charge in [0, 0.05) is 12.7 Å². The molecule has 0 unspecified atom stereocenters. The number of nitrogens with one attached hydrogen (secondary N) is 1. The maximum absolute atomic E-state index is 11.8. The van der Waals surface area contributed by atoms with Crippen LogP contribution in [0.25, 0.3) is 11.2 Å². The lowest BCUT2D eigenvalue weighted by atomic mass is 10.1. The number of fused-ring (bicyclic) bond motifs is 1. The Morgan fingerprint density at radius 3 is 2.87 bits per heavy atom. The first kappa shape index (κ1) is 15.6. The third kappa shape index (κ3) is 4.56. The first-order valence-corrected chi connectivity index (χ1v) is 8.45. The number of benzene rings is 1. The molecule has 23 heavy (non-hydrogen) atoms. The van der Waals surface area contributed by atoms with Gasteiger partial charge in [0.25, 0.3) is 5.22 Å². The highest BCUT2D eigenvalue weighted by atomic mass is 32.2. The molecule has 0 saturated carbocycles. The van der Waals surface area contributed by atoms with E-state index in [1.165, 1.54) is 17.3 Å². The Morgan fingerprint density at radius 1 is 1.17 bits per heavy atom. The molecule has 0 aliphatic rings. The smallest absolute Gasteiger partial charge is 0.258 e. The molecule has 1 aromatic carbocycles. The van der Waals surface area contributed by atoms with E-state index in [2.05, 4.69) is 27.4 Å². The molecule has 0 spiro atoms. The van der Waals surface area contributed by atoms with Gasteiger partial charge in [-0.3, -0.25) is 4.79 Å². The van der Waals surface area contributed by atoms with Gasteiger partial charge in [-0.15, -0.1) is 0 Å². The molecule has 0 atom stereocenters. The van der Waals surface area contributed by atoms with Crippen LogP contribution < -0.4 is 5.32 Å². The first-order chi connectivity index (χ1) is 11.3. The van der Waals surface area contributed by atoms with E-state index in [-0.39, 0.29) is 11.7 Å². The molecule has 1 amide bonds. The number of thioether (sulfide) groups is 1. The van der Waals surface area contributed by atoms with E-state index < -0.39 is 0 Å². The standard InChI is InChI=1S/C17H17N3O2S/c21-15(18-10-4-8-13-6-2-1-3-7-13)12-23-17-20-16-14(22-17)9-5-11-19-16/h1-3,5-7,9,11H,4,8,10,12H2,(H,18,21). The van der Waals surface area contributed by atoms with Crippen molar-refractivity contribution in [3.8, 4) is 0 Å². The maximum Gasteiger partial charge on any atom is 0.258 e. The van der Waals surface area contributed by atoms with Gasteiger partial charge in [-0.05, 0) is 30.5 Å². The van der Waals surface area contributed by atoms with Gasteiger partial charge in [0.05, 0.1) is 5.75 Å². The topological polar surface area (TPSA) is 68.0 Å². The summed E-state index contributed by atoms with van der Waals surface area (Å²) in [5.41, 5.74) is 2.49. The summed E-state index contributed by atoms with van der Waals surface area (Å²) in [7, 11) is 0. The van der Waals surface area contributed by atoms with E-state index in [0.29, 0.717) is 23.0 Å². The third-order valence-corrected chi connectivity index (χ3v) is 4.11. The fourth-order valence-electron chi connectivity index (χ4n) is 2.15. The van der Waals surface area contributed by atoms with E-state index in [0.717, 1.165) is 12.8 Å². The van der Waals surface area contributed by atoms with Gasteiger partial charge in [-0.2, -0.15) is 4.98 Å². The van der Waals surface area contributed by atoms with Crippen molar-refractivity contribution in [2.75, 3.05) is 12.3 Å². The lowest BCUT2D eigenvalue weighted by Crippen LogP contribution is -2.26. The van der Waals surface area contributed by atoms with Crippen molar-refractivity contribution < 1.29 is 9.21 Å². The average Bonchev–Trinajstić information content (AvgIpc) is 3.01. The zero-order valence-electron chi connectivity index (χ0n) is 12.6. The van der Waals surface area contributed by atoms with Crippen molar-refractivity contribution in [1.82, 2.24) is 15.3 Å². The minimum atomic E-state index is -0.0155. The number of hydrogen-bond donors (Lipinski definition) is 1. The molecule has 0 fully saturated rings. The van der Waals surface area contributed by atoms with Crippen LogP contribution in [0, 0.1) is 0 Å². The molecule has 0 aliphatic heterocycles. The zero-order chi connectivity index (χ0) is 15.9. The van der Waals surface area contributed by atoms with E-state index >= 15 is 0 Å². The number of nitrogens with zero attached hydrogens (tertiary/aromatic N) is 2. The van der Waals surface area contributed by atoms with Crippen LogP contribution in [-0.2, 0) is 11.2 Å². The molecule has 118 valence electrons. The quantitative estimate of drug-likeness (QED) is 0.533. The Labute approximate surface area is 138 Å². The van der Waals surface area contributed by atoms with Gasteiger partial charge in [-0.1, -0.05) is 42.1 Å².